The Morgan fingerprint density at radius 1 is 0.943 bits per heavy atom. The molecule has 178 valence electrons. The first-order valence-corrected chi connectivity index (χ1v) is 12.8. The van der Waals surface area contributed by atoms with Gasteiger partial charge in [-0.05, 0) is 54.7 Å². The third-order valence-corrected chi connectivity index (χ3v) is 7.36. The number of thioether (sulfide) groups is 1. The zero-order valence-corrected chi connectivity index (χ0v) is 20.1. The zero-order valence-electron chi connectivity index (χ0n) is 19.3. The number of para-hydroxylation sites is 2. The maximum atomic E-state index is 14.6. The van der Waals surface area contributed by atoms with Crippen LogP contribution in [0.3, 0.4) is 0 Å². The van der Waals surface area contributed by atoms with Crippen LogP contribution in [0, 0.1) is 5.82 Å². The predicted octanol–water partition coefficient (Wildman–Crippen LogP) is 5.37. The molecule has 0 unspecified atom stereocenters. The summed E-state index contributed by atoms with van der Waals surface area (Å²) in [5.74, 6) is 0.383. The lowest BCUT2D eigenvalue weighted by Gasteiger charge is -2.29. The normalized spacial score (nSPS) is 13.1. The van der Waals surface area contributed by atoms with Crippen molar-refractivity contribution in [3.05, 3.63) is 100 Å². The van der Waals surface area contributed by atoms with Crippen molar-refractivity contribution in [2.45, 2.75) is 37.4 Å². The number of aromatic nitrogens is 2. The van der Waals surface area contributed by atoms with E-state index < -0.39 is 5.82 Å². The Morgan fingerprint density at radius 3 is 2.54 bits per heavy atom. The summed E-state index contributed by atoms with van der Waals surface area (Å²) in [6, 6.07) is 21.7. The van der Waals surface area contributed by atoms with Gasteiger partial charge in [-0.3, -0.25) is 14.2 Å². The number of hydrogen-bond donors (Lipinski definition) is 0. The number of benzene rings is 3. The number of carbonyl (C=O) groups is 1. The first-order valence-electron chi connectivity index (χ1n) is 11.9. The Hall–Kier alpha value is -3.45. The van der Waals surface area contributed by atoms with E-state index in [2.05, 4.69) is 17.1 Å². The number of rotatable bonds is 7. The van der Waals surface area contributed by atoms with Gasteiger partial charge in [0.05, 0.1) is 16.6 Å². The van der Waals surface area contributed by atoms with E-state index in [1.54, 1.807) is 36.4 Å². The van der Waals surface area contributed by atoms with Crippen LogP contribution in [0.2, 0.25) is 0 Å². The number of unbranched alkanes of at least 4 members (excludes halogenated alkanes) is 1. The zero-order chi connectivity index (χ0) is 24.2. The monoisotopic (exact) mass is 487 g/mol. The summed E-state index contributed by atoms with van der Waals surface area (Å²) in [6.07, 6.45) is 2.94. The minimum absolute atomic E-state index is 0.177. The topological polar surface area (TPSA) is 55.2 Å². The van der Waals surface area contributed by atoms with Gasteiger partial charge in [0.25, 0.3) is 5.56 Å². The first-order chi connectivity index (χ1) is 17.1. The molecule has 0 bridgehead atoms. The van der Waals surface area contributed by atoms with Gasteiger partial charge in [0.2, 0.25) is 5.91 Å². The molecule has 4 aromatic rings. The lowest BCUT2D eigenvalue weighted by atomic mass is 9.99. The molecule has 0 spiro atoms. The van der Waals surface area contributed by atoms with Crippen molar-refractivity contribution < 1.29 is 9.18 Å². The number of hydrogen-bond acceptors (Lipinski definition) is 4. The molecule has 1 aliphatic heterocycles. The predicted molar refractivity (Wildman–Crippen MR) is 137 cm³/mol. The van der Waals surface area contributed by atoms with Crippen molar-refractivity contribution in [2.24, 2.45) is 0 Å². The molecule has 5 rings (SSSR count). The lowest BCUT2D eigenvalue weighted by molar-refractivity contribution is -0.132. The quantitative estimate of drug-likeness (QED) is 0.200. The molecule has 5 nitrogen and oxygen atoms in total. The van der Waals surface area contributed by atoms with E-state index >= 15 is 0 Å². The number of halogens is 1. The fourth-order valence-electron chi connectivity index (χ4n) is 4.46. The van der Waals surface area contributed by atoms with Crippen LogP contribution < -0.4 is 5.56 Å². The van der Waals surface area contributed by atoms with E-state index in [9.17, 15) is 14.0 Å². The highest BCUT2D eigenvalue weighted by molar-refractivity contribution is 7.99. The van der Waals surface area contributed by atoms with Crippen LogP contribution in [0.4, 0.5) is 4.39 Å². The van der Waals surface area contributed by atoms with Crippen molar-refractivity contribution in [3.63, 3.8) is 0 Å². The van der Waals surface area contributed by atoms with E-state index in [-0.39, 0.29) is 17.2 Å². The highest BCUT2D eigenvalue weighted by Crippen LogP contribution is 2.24. The van der Waals surface area contributed by atoms with Crippen LogP contribution in [-0.2, 0) is 17.8 Å². The molecule has 0 aliphatic carbocycles. The molecule has 0 N–H and O–H groups in total. The van der Waals surface area contributed by atoms with E-state index in [4.69, 9.17) is 0 Å². The van der Waals surface area contributed by atoms with Crippen molar-refractivity contribution in [3.8, 4) is 5.69 Å². The van der Waals surface area contributed by atoms with Crippen molar-refractivity contribution in [1.82, 2.24) is 14.5 Å². The molecular formula is C28H26FN3O2S. The lowest BCUT2D eigenvalue weighted by Crippen LogP contribution is -2.35. The van der Waals surface area contributed by atoms with E-state index in [0.29, 0.717) is 34.8 Å². The van der Waals surface area contributed by atoms with Crippen LogP contribution in [0.15, 0.2) is 82.7 Å². The number of fused-ring (bicyclic) bond motifs is 2. The number of amides is 1. The molecule has 0 saturated heterocycles. The Balaban J connectivity index is 1.24. The van der Waals surface area contributed by atoms with Gasteiger partial charge in [0, 0.05) is 25.3 Å². The summed E-state index contributed by atoms with van der Waals surface area (Å²) in [5.41, 5.74) is 3.06. The van der Waals surface area contributed by atoms with Crippen molar-refractivity contribution >= 4 is 28.6 Å². The molecule has 1 amide bonds. The fraction of sp³-hybridized carbons (Fsp3) is 0.250. The van der Waals surface area contributed by atoms with Gasteiger partial charge in [-0.25, -0.2) is 9.37 Å². The van der Waals surface area contributed by atoms with Gasteiger partial charge in [0.15, 0.2) is 5.16 Å². The minimum Gasteiger partial charge on any atom is -0.338 e. The molecule has 3 aromatic carbocycles. The van der Waals surface area contributed by atoms with Gasteiger partial charge in [0.1, 0.15) is 5.82 Å². The average molecular weight is 488 g/mol. The van der Waals surface area contributed by atoms with Crippen molar-refractivity contribution in [1.29, 1.82) is 0 Å². The Kier molecular flexibility index (Phi) is 6.95. The molecule has 0 fully saturated rings. The Morgan fingerprint density at radius 2 is 1.69 bits per heavy atom. The molecule has 2 heterocycles. The number of carbonyl (C=O) groups excluding carboxylic acids is 1. The summed E-state index contributed by atoms with van der Waals surface area (Å²) in [4.78, 5) is 32.6. The second kappa shape index (κ2) is 10.4. The van der Waals surface area contributed by atoms with Crippen LogP contribution in [0.25, 0.3) is 16.6 Å². The summed E-state index contributed by atoms with van der Waals surface area (Å²) in [6.45, 7) is 1.44. The summed E-state index contributed by atoms with van der Waals surface area (Å²) in [7, 11) is 0. The first kappa shape index (κ1) is 23.3. The second-order valence-electron chi connectivity index (χ2n) is 8.64. The van der Waals surface area contributed by atoms with E-state index in [1.165, 1.54) is 33.5 Å². The van der Waals surface area contributed by atoms with Gasteiger partial charge >= 0.3 is 0 Å². The van der Waals surface area contributed by atoms with Crippen LogP contribution in [0.1, 0.15) is 30.4 Å². The van der Waals surface area contributed by atoms with Gasteiger partial charge in [-0.1, -0.05) is 60.3 Å². The Bertz CT molecular complexity index is 1440. The van der Waals surface area contributed by atoms with Gasteiger partial charge in [-0.2, -0.15) is 0 Å². The standard InChI is InChI=1S/C28H26FN3O2S/c29-23-12-4-6-14-25(23)32-27(34)22-11-3-5-13-24(22)30-28(32)35-18-8-7-15-26(33)31-17-16-20-9-1-2-10-21(20)19-31/h1-6,9-14H,7-8,15-19H2. The molecule has 7 heteroatoms. The van der Waals surface area contributed by atoms with Crippen LogP contribution >= 0.6 is 11.8 Å². The molecule has 1 aliphatic rings. The highest BCUT2D eigenvalue weighted by atomic mass is 32.2. The molecule has 0 saturated carbocycles. The molecular weight excluding hydrogens is 461 g/mol. The summed E-state index contributed by atoms with van der Waals surface area (Å²) < 4.78 is 16.0. The van der Waals surface area contributed by atoms with E-state index in [1.807, 2.05) is 23.1 Å². The third-order valence-electron chi connectivity index (χ3n) is 6.34. The molecule has 0 atom stereocenters. The Labute approximate surface area is 207 Å². The molecule has 35 heavy (non-hydrogen) atoms. The molecule has 0 radical (unpaired) electrons. The minimum atomic E-state index is -0.470. The summed E-state index contributed by atoms with van der Waals surface area (Å²) in [5, 5.41) is 0.909. The van der Waals surface area contributed by atoms with Gasteiger partial charge < -0.3 is 4.90 Å². The highest BCUT2D eigenvalue weighted by Gasteiger charge is 2.20. The number of nitrogens with zero attached hydrogens (tertiary/aromatic N) is 3. The average Bonchev–Trinajstić information content (AvgIpc) is 2.89. The van der Waals surface area contributed by atoms with Crippen molar-refractivity contribution in [2.75, 3.05) is 12.3 Å². The molecule has 1 aromatic heterocycles. The maximum Gasteiger partial charge on any atom is 0.266 e. The smallest absolute Gasteiger partial charge is 0.266 e. The van der Waals surface area contributed by atoms with Crippen LogP contribution in [-0.4, -0.2) is 32.7 Å². The van der Waals surface area contributed by atoms with E-state index in [0.717, 1.165) is 25.8 Å². The second-order valence-corrected chi connectivity index (χ2v) is 9.71. The fourth-order valence-corrected chi connectivity index (χ4v) is 5.47. The SMILES string of the molecule is O=C(CCCCSc1nc2ccccc2c(=O)n1-c1ccccc1F)N1CCc2ccccc2C1. The summed E-state index contributed by atoms with van der Waals surface area (Å²) >= 11 is 1.42. The van der Waals surface area contributed by atoms with Gasteiger partial charge in [-0.15, -0.1) is 0 Å². The third kappa shape index (κ3) is 5.00. The largest absolute Gasteiger partial charge is 0.338 e. The van der Waals surface area contributed by atoms with Crippen LogP contribution in [0.5, 0.6) is 0 Å². The maximum absolute atomic E-state index is 14.6.